The molecule has 0 aliphatic heterocycles. The van der Waals surface area contributed by atoms with Crippen molar-refractivity contribution in [2.75, 3.05) is 0 Å². The van der Waals surface area contributed by atoms with Gasteiger partial charge in [-0.15, -0.1) is 0 Å². The van der Waals surface area contributed by atoms with E-state index in [-0.39, 0.29) is 13.0 Å². The van der Waals surface area contributed by atoms with Gasteiger partial charge in [-0.3, -0.25) is 0 Å². The van der Waals surface area contributed by atoms with Crippen molar-refractivity contribution in [1.29, 1.82) is 0 Å². The third-order valence-corrected chi connectivity index (χ3v) is 1.56. The Labute approximate surface area is 69.7 Å². The Kier molecular flexibility index (Phi) is 3.17. The molecule has 0 aliphatic rings. The van der Waals surface area contributed by atoms with E-state index < -0.39 is 6.43 Å². The van der Waals surface area contributed by atoms with Crippen LogP contribution < -0.4 is 0 Å². The summed E-state index contributed by atoms with van der Waals surface area (Å²) in [4.78, 5) is 0. The Morgan fingerprint density at radius 2 is 1.92 bits per heavy atom. The standard InChI is InChI=1S/C9H10F2O/c10-9(11)5-7-2-1-3-8(4-7)6-12/h1-4,9,12H,5-6H2. The fraction of sp³-hybridized carbons (Fsp3) is 0.333. The Hall–Kier alpha value is -0.960. The molecule has 1 N–H and O–H groups in total. The average Bonchev–Trinajstić information content (AvgIpc) is 2.03. The zero-order valence-electron chi connectivity index (χ0n) is 6.50. The molecule has 1 rings (SSSR count). The van der Waals surface area contributed by atoms with Crippen LogP contribution in [0.3, 0.4) is 0 Å². The quantitative estimate of drug-likeness (QED) is 0.739. The average molecular weight is 172 g/mol. The first kappa shape index (κ1) is 9.13. The summed E-state index contributed by atoms with van der Waals surface area (Å²) in [6, 6.07) is 6.59. The molecule has 1 aromatic carbocycles. The molecule has 0 heterocycles. The Morgan fingerprint density at radius 1 is 1.25 bits per heavy atom. The van der Waals surface area contributed by atoms with Crippen LogP contribution in [0.4, 0.5) is 8.78 Å². The van der Waals surface area contributed by atoms with Gasteiger partial charge in [-0.1, -0.05) is 24.3 Å². The third-order valence-electron chi connectivity index (χ3n) is 1.56. The first-order chi connectivity index (χ1) is 5.72. The molecule has 0 saturated heterocycles. The van der Waals surface area contributed by atoms with Gasteiger partial charge in [0.15, 0.2) is 0 Å². The number of aliphatic hydroxyl groups is 1. The largest absolute Gasteiger partial charge is 0.392 e. The molecule has 0 spiro atoms. The summed E-state index contributed by atoms with van der Waals surface area (Å²) in [6.07, 6.45) is -2.56. The molecule has 0 bridgehead atoms. The number of hydrogen-bond donors (Lipinski definition) is 1. The van der Waals surface area contributed by atoms with E-state index in [1.165, 1.54) is 0 Å². The smallest absolute Gasteiger partial charge is 0.242 e. The van der Waals surface area contributed by atoms with E-state index in [1.54, 1.807) is 24.3 Å². The van der Waals surface area contributed by atoms with Crippen LogP contribution in [0.25, 0.3) is 0 Å². The Bertz CT molecular complexity index is 248. The lowest BCUT2D eigenvalue weighted by atomic mass is 10.1. The van der Waals surface area contributed by atoms with E-state index in [0.717, 1.165) is 0 Å². The maximum atomic E-state index is 11.9. The van der Waals surface area contributed by atoms with Gasteiger partial charge in [0.2, 0.25) is 6.43 Å². The number of halogens is 2. The summed E-state index contributed by atoms with van der Waals surface area (Å²) < 4.78 is 23.8. The Balaban J connectivity index is 2.72. The molecule has 0 fully saturated rings. The molecule has 0 saturated carbocycles. The maximum Gasteiger partial charge on any atom is 0.242 e. The van der Waals surface area contributed by atoms with E-state index >= 15 is 0 Å². The highest BCUT2D eigenvalue weighted by molar-refractivity contribution is 5.23. The third kappa shape index (κ3) is 2.58. The summed E-state index contributed by atoms with van der Waals surface area (Å²) in [7, 11) is 0. The van der Waals surface area contributed by atoms with Gasteiger partial charge in [0.25, 0.3) is 0 Å². The minimum Gasteiger partial charge on any atom is -0.392 e. The Morgan fingerprint density at radius 3 is 2.50 bits per heavy atom. The minimum absolute atomic E-state index is 0.100. The van der Waals surface area contributed by atoms with Gasteiger partial charge in [-0.05, 0) is 11.1 Å². The van der Waals surface area contributed by atoms with Crippen LogP contribution in [0.1, 0.15) is 11.1 Å². The van der Waals surface area contributed by atoms with Crippen molar-refractivity contribution in [3.05, 3.63) is 35.4 Å². The molecule has 12 heavy (non-hydrogen) atoms. The molecule has 66 valence electrons. The normalized spacial score (nSPS) is 10.7. The number of hydrogen-bond acceptors (Lipinski definition) is 1. The summed E-state index contributed by atoms with van der Waals surface area (Å²) in [5.74, 6) is 0. The lowest BCUT2D eigenvalue weighted by molar-refractivity contribution is 0.149. The molecule has 1 nitrogen and oxygen atoms in total. The lowest BCUT2D eigenvalue weighted by Gasteiger charge is -2.01. The van der Waals surface area contributed by atoms with Gasteiger partial charge in [0.05, 0.1) is 6.61 Å². The topological polar surface area (TPSA) is 20.2 Å². The predicted molar refractivity (Wildman–Crippen MR) is 42.1 cm³/mol. The summed E-state index contributed by atoms with van der Waals surface area (Å²) in [5, 5.41) is 8.71. The van der Waals surface area contributed by atoms with Crippen molar-refractivity contribution >= 4 is 0 Å². The van der Waals surface area contributed by atoms with E-state index in [2.05, 4.69) is 0 Å². The second-order valence-corrected chi connectivity index (χ2v) is 2.57. The lowest BCUT2D eigenvalue weighted by Crippen LogP contribution is -1.97. The van der Waals surface area contributed by atoms with Gasteiger partial charge in [-0.2, -0.15) is 0 Å². The van der Waals surface area contributed by atoms with Crippen LogP contribution in [0, 0.1) is 0 Å². The SMILES string of the molecule is OCc1cccc(CC(F)F)c1. The van der Waals surface area contributed by atoms with Crippen molar-refractivity contribution in [3.8, 4) is 0 Å². The molecular weight excluding hydrogens is 162 g/mol. The van der Waals surface area contributed by atoms with Crippen LogP contribution in [0.2, 0.25) is 0 Å². The van der Waals surface area contributed by atoms with Gasteiger partial charge in [0.1, 0.15) is 0 Å². The summed E-state index contributed by atoms with van der Waals surface area (Å²) >= 11 is 0. The van der Waals surface area contributed by atoms with Crippen molar-refractivity contribution in [3.63, 3.8) is 0 Å². The highest BCUT2D eigenvalue weighted by Crippen LogP contribution is 2.09. The van der Waals surface area contributed by atoms with Crippen molar-refractivity contribution in [2.24, 2.45) is 0 Å². The van der Waals surface area contributed by atoms with Gasteiger partial charge in [0, 0.05) is 6.42 Å². The number of benzene rings is 1. The molecule has 0 atom stereocenters. The van der Waals surface area contributed by atoms with E-state index in [9.17, 15) is 8.78 Å². The zero-order chi connectivity index (χ0) is 8.97. The van der Waals surface area contributed by atoms with Crippen LogP contribution in [0.15, 0.2) is 24.3 Å². The molecule has 3 heteroatoms. The van der Waals surface area contributed by atoms with Crippen LogP contribution in [-0.2, 0) is 13.0 Å². The fourth-order valence-electron chi connectivity index (χ4n) is 1.03. The highest BCUT2D eigenvalue weighted by Gasteiger charge is 2.04. The molecule has 0 amide bonds. The second-order valence-electron chi connectivity index (χ2n) is 2.57. The van der Waals surface area contributed by atoms with Gasteiger partial charge >= 0.3 is 0 Å². The van der Waals surface area contributed by atoms with Crippen LogP contribution in [0.5, 0.6) is 0 Å². The molecular formula is C9H10F2O. The van der Waals surface area contributed by atoms with Crippen molar-refractivity contribution in [1.82, 2.24) is 0 Å². The van der Waals surface area contributed by atoms with E-state index in [0.29, 0.717) is 11.1 Å². The maximum absolute atomic E-state index is 11.9. The first-order valence-electron chi connectivity index (χ1n) is 3.69. The number of alkyl halides is 2. The highest BCUT2D eigenvalue weighted by atomic mass is 19.3. The zero-order valence-corrected chi connectivity index (χ0v) is 6.50. The molecule has 0 aromatic heterocycles. The van der Waals surface area contributed by atoms with E-state index in [1.807, 2.05) is 0 Å². The summed E-state index contributed by atoms with van der Waals surface area (Å²) in [5.41, 5.74) is 1.24. The predicted octanol–water partition coefficient (Wildman–Crippen LogP) is 1.99. The van der Waals surface area contributed by atoms with Gasteiger partial charge in [-0.25, -0.2) is 8.78 Å². The molecule has 1 aromatic rings. The molecule has 0 unspecified atom stereocenters. The number of aliphatic hydroxyl groups excluding tert-OH is 1. The first-order valence-corrected chi connectivity index (χ1v) is 3.69. The molecule has 0 aliphatic carbocycles. The molecule has 0 radical (unpaired) electrons. The monoisotopic (exact) mass is 172 g/mol. The fourth-order valence-corrected chi connectivity index (χ4v) is 1.03. The summed E-state index contributed by atoms with van der Waals surface area (Å²) in [6.45, 7) is -0.100. The second kappa shape index (κ2) is 4.16. The number of rotatable bonds is 3. The van der Waals surface area contributed by atoms with Crippen LogP contribution in [-0.4, -0.2) is 11.5 Å². The van der Waals surface area contributed by atoms with E-state index in [4.69, 9.17) is 5.11 Å². The van der Waals surface area contributed by atoms with Crippen molar-refractivity contribution in [2.45, 2.75) is 19.5 Å². The van der Waals surface area contributed by atoms with Gasteiger partial charge < -0.3 is 5.11 Å². The van der Waals surface area contributed by atoms with Crippen LogP contribution >= 0.6 is 0 Å². The van der Waals surface area contributed by atoms with Crippen molar-refractivity contribution < 1.29 is 13.9 Å². The minimum atomic E-state index is -2.32.